The predicted octanol–water partition coefficient (Wildman–Crippen LogP) is 2.51. The molecule has 0 atom stereocenters. The van der Waals surface area contributed by atoms with Gasteiger partial charge in [0.2, 0.25) is 0 Å². The molecule has 0 aromatic carbocycles. The van der Waals surface area contributed by atoms with Crippen LogP contribution in [0.2, 0.25) is 0 Å². The molecular weight excluding hydrogens is 132 g/mol. The van der Waals surface area contributed by atoms with E-state index in [-0.39, 0.29) is 0 Å². The van der Waals surface area contributed by atoms with E-state index in [1.54, 1.807) is 11.8 Å². The summed E-state index contributed by atoms with van der Waals surface area (Å²) >= 11 is 1.75. The van der Waals surface area contributed by atoms with Gasteiger partial charge in [0.05, 0.1) is 0 Å². The van der Waals surface area contributed by atoms with Gasteiger partial charge in [-0.05, 0) is 19.9 Å². The van der Waals surface area contributed by atoms with Crippen LogP contribution in [0.3, 0.4) is 0 Å². The Hall–Kier alpha value is -0.370. The first-order valence-electron chi connectivity index (χ1n) is 2.97. The molecule has 9 heavy (non-hydrogen) atoms. The first kappa shape index (κ1) is 6.75. The van der Waals surface area contributed by atoms with Gasteiger partial charge in [0.15, 0.2) is 0 Å². The smallest absolute Gasteiger partial charge is 0.138 e. The van der Waals surface area contributed by atoms with E-state index in [1.165, 1.54) is 4.91 Å². The van der Waals surface area contributed by atoms with Gasteiger partial charge in [0, 0.05) is 4.91 Å². The summed E-state index contributed by atoms with van der Waals surface area (Å²) in [6, 6.07) is 0. The quantitative estimate of drug-likeness (QED) is 0.514. The monoisotopic (exact) mass is 142 g/mol. The molecule has 0 N–H and O–H groups in total. The van der Waals surface area contributed by atoms with E-state index in [2.05, 4.69) is 6.08 Å². The molecule has 0 aromatic rings. The molecule has 0 amide bonds. The molecule has 50 valence electrons. The average molecular weight is 142 g/mol. The fourth-order valence-corrected chi connectivity index (χ4v) is 1.55. The fourth-order valence-electron chi connectivity index (χ4n) is 0.750. The summed E-state index contributed by atoms with van der Waals surface area (Å²) in [4.78, 5) is 1.26. The van der Waals surface area contributed by atoms with Crippen LogP contribution in [0.25, 0.3) is 0 Å². The summed E-state index contributed by atoms with van der Waals surface area (Å²) in [6.45, 7) is 4.02. The van der Waals surface area contributed by atoms with Crippen molar-refractivity contribution in [3.05, 3.63) is 22.8 Å². The van der Waals surface area contributed by atoms with Crippen LogP contribution in [-0.4, -0.2) is 5.94 Å². The lowest BCUT2D eigenvalue weighted by Gasteiger charge is -1.93. The summed E-state index contributed by atoms with van der Waals surface area (Å²) in [5.41, 5.74) is 0. The maximum atomic E-state index is 5.26. The zero-order chi connectivity index (χ0) is 6.69. The Morgan fingerprint density at radius 2 is 2.22 bits per heavy atom. The maximum absolute atomic E-state index is 5.26. The highest BCUT2D eigenvalue weighted by atomic mass is 32.2. The predicted molar refractivity (Wildman–Crippen MR) is 41.1 cm³/mol. The summed E-state index contributed by atoms with van der Waals surface area (Å²) < 4.78 is 5.26. The number of hydrogen-bond donors (Lipinski definition) is 0. The molecule has 0 aromatic heterocycles. The van der Waals surface area contributed by atoms with Crippen LogP contribution in [0, 0.1) is 0 Å². The summed E-state index contributed by atoms with van der Waals surface area (Å²) in [7, 11) is 0. The van der Waals surface area contributed by atoms with Crippen molar-refractivity contribution in [1.29, 1.82) is 0 Å². The molecule has 1 aliphatic rings. The Labute approximate surface area is 59.8 Å². The zero-order valence-corrected chi connectivity index (χ0v) is 6.49. The third kappa shape index (κ3) is 1.30. The standard InChI is InChI=1S/C7H10OS/c1-3-6-7(4-2)9-5-8-6/h3-4H,5H2,1-2H3/b6-3+,7-4+. The van der Waals surface area contributed by atoms with Crippen molar-refractivity contribution in [2.45, 2.75) is 13.8 Å². The average Bonchev–Trinajstić information content (AvgIpc) is 2.33. The topological polar surface area (TPSA) is 9.23 Å². The van der Waals surface area contributed by atoms with E-state index < -0.39 is 0 Å². The Morgan fingerprint density at radius 1 is 1.44 bits per heavy atom. The zero-order valence-electron chi connectivity index (χ0n) is 5.68. The molecule has 1 heterocycles. The van der Waals surface area contributed by atoms with E-state index >= 15 is 0 Å². The lowest BCUT2D eigenvalue weighted by Crippen LogP contribution is -1.77. The third-order valence-corrected chi connectivity index (χ3v) is 2.18. The number of thioether (sulfide) groups is 1. The maximum Gasteiger partial charge on any atom is 0.138 e. The van der Waals surface area contributed by atoms with Crippen LogP contribution in [0.4, 0.5) is 0 Å². The van der Waals surface area contributed by atoms with Crippen molar-refractivity contribution in [3.63, 3.8) is 0 Å². The number of ether oxygens (including phenoxy) is 1. The molecule has 0 spiro atoms. The molecule has 0 unspecified atom stereocenters. The second-order valence-corrected chi connectivity index (χ2v) is 2.68. The number of allylic oxidation sites excluding steroid dienone is 2. The molecular formula is C7H10OS. The van der Waals surface area contributed by atoms with Crippen molar-refractivity contribution in [2.75, 3.05) is 5.94 Å². The second-order valence-electron chi connectivity index (χ2n) is 1.71. The van der Waals surface area contributed by atoms with Gasteiger partial charge in [-0.3, -0.25) is 0 Å². The molecule has 1 fully saturated rings. The molecule has 0 saturated carbocycles. The third-order valence-electron chi connectivity index (χ3n) is 1.20. The molecule has 2 heteroatoms. The summed E-state index contributed by atoms with van der Waals surface area (Å²) in [6.07, 6.45) is 4.07. The number of rotatable bonds is 0. The van der Waals surface area contributed by atoms with E-state index in [1.807, 2.05) is 19.9 Å². The second kappa shape index (κ2) is 2.97. The summed E-state index contributed by atoms with van der Waals surface area (Å²) in [5.74, 6) is 1.81. The normalized spacial score (nSPS) is 27.3. The van der Waals surface area contributed by atoms with Crippen molar-refractivity contribution in [1.82, 2.24) is 0 Å². The largest absolute Gasteiger partial charge is 0.482 e. The van der Waals surface area contributed by atoms with E-state index in [9.17, 15) is 0 Å². The van der Waals surface area contributed by atoms with E-state index in [4.69, 9.17) is 4.74 Å². The van der Waals surface area contributed by atoms with Crippen LogP contribution in [0.15, 0.2) is 22.8 Å². The molecule has 1 nitrogen and oxygen atoms in total. The van der Waals surface area contributed by atoms with Crippen molar-refractivity contribution < 1.29 is 4.74 Å². The van der Waals surface area contributed by atoms with Gasteiger partial charge in [-0.1, -0.05) is 17.8 Å². The Morgan fingerprint density at radius 3 is 2.67 bits per heavy atom. The van der Waals surface area contributed by atoms with Gasteiger partial charge in [0.25, 0.3) is 0 Å². The van der Waals surface area contributed by atoms with Gasteiger partial charge >= 0.3 is 0 Å². The molecule has 0 bridgehead atoms. The molecule has 1 rings (SSSR count). The molecule has 1 aliphatic heterocycles. The molecule has 1 saturated heterocycles. The first-order valence-corrected chi connectivity index (χ1v) is 3.95. The van der Waals surface area contributed by atoms with Crippen molar-refractivity contribution >= 4 is 11.8 Å². The summed E-state index contributed by atoms with van der Waals surface area (Å²) in [5, 5.41) is 0. The van der Waals surface area contributed by atoms with E-state index in [0.717, 1.165) is 11.7 Å². The Balaban J connectivity index is 2.75. The van der Waals surface area contributed by atoms with Crippen LogP contribution < -0.4 is 0 Å². The number of hydrogen-bond acceptors (Lipinski definition) is 2. The van der Waals surface area contributed by atoms with E-state index in [0.29, 0.717) is 0 Å². The first-order chi connectivity index (χ1) is 4.38. The van der Waals surface area contributed by atoms with Crippen LogP contribution in [0.5, 0.6) is 0 Å². The van der Waals surface area contributed by atoms with Gasteiger partial charge in [0.1, 0.15) is 11.7 Å². The van der Waals surface area contributed by atoms with Crippen LogP contribution >= 0.6 is 11.8 Å². The lowest BCUT2D eigenvalue weighted by molar-refractivity contribution is 0.296. The van der Waals surface area contributed by atoms with Crippen molar-refractivity contribution in [3.8, 4) is 0 Å². The van der Waals surface area contributed by atoms with Crippen LogP contribution in [-0.2, 0) is 4.74 Å². The minimum Gasteiger partial charge on any atom is -0.482 e. The highest BCUT2D eigenvalue weighted by Gasteiger charge is 2.12. The highest BCUT2D eigenvalue weighted by Crippen LogP contribution is 2.32. The van der Waals surface area contributed by atoms with Gasteiger partial charge < -0.3 is 4.74 Å². The Bertz CT molecular complexity index is 140. The lowest BCUT2D eigenvalue weighted by atomic mass is 10.4. The minimum absolute atomic E-state index is 0.777. The van der Waals surface area contributed by atoms with Crippen LogP contribution in [0.1, 0.15) is 13.8 Å². The van der Waals surface area contributed by atoms with Crippen molar-refractivity contribution in [2.24, 2.45) is 0 Å². The van der Waals surface area contributed by atoms with Gasteiger partial charge in [-0.2, -0.15) is 0 Å². The minimum atomic E-state index is 0.777. The highest BCUT2D eigenvalue weighted by molar-refractivity contribution is 8.03. The van der Waals surface area contributed by atoms with Gasteiger partial charge in [-0.15, -0.1) is 0 Å². The fraction of sp³-hybridized carbons (Fsp3) is 0.429. The van der Waals surface area contributed by atoms with Gasteiger partial charge in [-0.25, -0.2) is 0 Å². The Kier molecular flexibility index (Phi) is 2.22. The molecule has 0 radical (unpaired) electrons. The molecule has 0 aliphatic carbocycles. The SMILES string of the molecule is C/C=C1/OCS/C1=C/C.